The molecule has 1 saturated heterocycles. The van der Waals surface area contributed by atoms with Crippen molar-refractivity contribution in [2.75, 3.05) is 39.0 Å². The highest BCUT2D eigenvalue weighted by Gasteiger charge is 2.23. The van der Waals surface area contributed by atoms with E-state index in [4.69, 9.17) is 30.5 Å². The average Bonchev–Trinajstić information content (AvgIpc) is 2.74. The molecule has 1 fully saturated rings. The molecule has 0 N–H and O–H groups in total. The number of rotatable bonds is 7. The van der Waals surface area contributed by atoms with Crippen molar-refractivity contribution < 1.29 is 28.1 Å². The zero-order chi connectivity index (χ0) is 20.8. The van der Waals surface area contributed by atoms with E-state index >= 15 is 0 Å². The van der Waals surface area contributed by atoms with Gasteiger partial charge in [-0.05, 0) is 24.3 Å². The molecule has 1 aliphatic heterocycles. The van der Waals surface area contributed by atoms with Crippen molar-refractivity contribution in [2.24, 2.45) is 0 Å². The summed E-state index contributed by atoms with van der Waals surface area (Å²) in [5.41, 5.74) is 1.26. The van der Waals surface area contributed by atoms with Crippen LogP contribution < -0.4 is 14.4 Å². The Kier molecular flexibility index (Phi) is 7.17. The van der Waals surface area contributed by atoms with Crippen molar-refractivity contribution >= 4 is 23.3 Å². The van der Waals surface area contributed by atoms with E-state index in [0.29, 0.717) is 22.1 Å². The van der Waals surface area contributed by atoms with Crippen molar-refractivity contribution in [1.29, 1.82) is 0 Å². The number of halogens is 2. The highest BCUT2D eigenvalue weighted by atomic mass is 35.5. The molecule has 156 valence electrons. The molecule has 0 radical (unpaired) electrons. The number of ether oxygens (including phenoxy) is 4. The fraction of sp³-hybridized carbons (Fsp3) is 0.381. The van der Waals surface area contributed by atoms with Crippen LogP contribution in [0.5, 0.6) is 11.5 Å². The number of methoxy groups -OCH3 is 2. The number of hydrogen-bond donors (Lipinski definition) is 0. The van der Waals surface area contributed by atoms with E-state index in [1.54, 1.807) is 12.1 Å². The second kappa shape index (κ2) is 9.80. The van der Waals surface area contributed by atoms with E-state index < -0.39 is 5.97 Å². The van der Waals surface area contributed by atoms with E-state index in [-0.39, 0.29) is 18.7 Å². The minimum Gasteiger partial charge on any atom is -0.489 e. The molecule has 0 atom stereocenters. The molecule has 2 aromatic carbocycles. The summed E-state index contributed by atoms with van der Waals surface area (Å²) in [5, 5.41) is 0.396. The third-order valence-corrected chi connectivity index (χ3v) is 5.01. The van der Waals surface area contributed by atoms with Crippen molar-refractivity contribution in [1.82, 2.24) is 0 Å². The fourth-order valence-electron chi connectivity index (χ4n) is 3.21. The number of piperidine rings is 1. The topological polar surface area (TPSA) is 57.2 Å². The summed E-state index contributed by atoms with van der Waals surface area (Å²) in [4.78, 5) is 14.1. The number of nitrogens with zero attached hydrogens (tertiary/aromatic N) is 1. The van der Waals surface area contributed by atoms with Crippen LogP contribution in [0.15, 0.2) is 36.4 Å². The van der Waals surface area contributed by atoms with Crippen LogP contribution in [0.3, 0.4) is 0 Å². The van der Waals surface area contributed by atoms with Gasteiger partial charge in [-0.25, -0.2) is 9.18 Å². The summed E-state index contributed by atoms with van der Waals surface area (Å²) in [6, 6.07) is 9.44. The van der Waals surface area contributed by atoms with Crippen LogP contribution in [-0.2, 0) is 9.47 Å². The van der Waals surface area contributed by atoms with Gasteiger partial charge in [-0.15, -0.1) is 0 Å². The molecule has 0 amide bonds. The van der Waals surface area contributed by atoms with Gasteiger partial charge in [-0.3, -0.25) is 0 Å². The number of carbonyl (C=O) groups excluding carboxylic acids is 1. The number of anilines is 1. The monoisotopic (exact) mass is 423 g/mol. The minimum atomic E-state index is -0.471. The van der Waals surface area contributed by atoms with Gasteiger partial charge < -0.3 is 23.8 Å². The molecule has 1 aliphatic rings. The number of benzene rings is 2. The van der Waals surface area contributed by atoms with Gasteiger partial charge in [0.1, 0.15) is 29.0 Å². The van der Waals surface area contributed by atoms with E-state index in [9.17, 15) is 9.18 Å². The summed E-state index contributed by atoms with van der Waals surface area (Å²) in [6.45, 7) is 1.50. The van der Waals surface area contributed by atoms with Gasteiger partial charge in [0.05, 0.1) is 12.1 Å². The number of carbonyl (C=O) groups is 1. The Hall–Kier alpha value is -2.51. The van der Waals surface area contributed by atoms with Crippen molar-refractivity contribution in [3.05, 3.63) is 52.8 Å². The first-order valence-electron chi connectivity index (χ1n) is 9.22. The maximum absolute atomic E-state index is 13.4. The Bertz CT molecular complexity index is 855. The molecular formula is C21H23ClFNO5. The first-order valence-corrected chi connectivity index (χ1v) is 9.60. The fourth-order valence-corrected chi connectivity index (χ4v) is 3.37. The van der Waals surface area contributed by atoms with Gasteiger partial charge >= 0.3 is 5.97 Å². The molecule has 0 aromatic heterocycles. The Balaban J connectivity index is 1.66. The Morgan fingerprint density at radius 1 is 1.14 bits per heavy atom. The largest absolute Gasteiger partial charge is 0.489 e. The summed E-state index contributed by atoms with van der Waals surface area (Å²) in [6.07, 6.45) is 1.45. The van der Waals surface area contributed by atoms with E-state index in [2.05, 4.69) is 4.90 Å². The van der Waals surface area contributed by atoms with Gasteiger partial charge in [-0.1, -0.05) is 11.6 Å². The summed E-state index contributed by atoms with van der Waals surface area (Å²) < 4.78 is 34.6. The molecule has 6 nitrogen and oxygen atoms in total. The molecule has 0 unspecified atom stereocenters. The lowest BCUT2D eigenvalue weighted by Gasteiger charge is -2.34. The molecule has 1 heterocycles. The lowest BCUT2D eigenvalue weighted by Crippen LogP contribution is -2.38. The van der Waals surface area contributed by atoms with Crippen LogP contribution in [0.4, 0.5) is 10.1 Å². The van der Waals surface area contributed by atoms with Crippen LogP contribution in [0.1, 0.15) is 23.2 Å². The summed E-state index contributed by atoms with van der Waals surface area (Å²) >= 11 is 6.09. The predicted octanol–water partition coefficient (Wildman–Crippen LogP) is 4.30. The SMILES string of the molecule is COCOc1cc(N2CCC(Oc3cc(F)ccc3Cl)CC2)ccc1C(=O)OC. The van der Waals surface area contributed by atoms with Gasteiger partial charge in [0, 0.05) is 50.9 Å². The smallest absolute Gasteiger partial charge is 0.341 e. The zero-order valence-electron chi connectivity index (χ0n) is 16.3. The van der Waals surface area contributed by atoms with Crippen LogP contribution in [0, 0.1) is 5.82 Å². The maximum atomic E-state index is 13.4. The number of hydrogen-bond acceptors (Lipinski definition) is 6. The standard InChI is InChI=1S/C21H23ClFNO5/c1-26-13-28-19-12-15(4-5-17(19)21(25)27-2)24-9-7-16(8-10-24)29-20-11-14(23)3-6-18(20)22/h3-6,11-12,16H,7-10,13H2,1-2H3. The van der Waals surface area contributed by atoms with E-state index in [0.717, 1.165) is 31.6 Å². The van der Waals surface area contributed by atoms with Crippen LogP contribution in [-0.4, -0.2) is 46.2 Å². The Labute approximate surface area is 174 Å². The maximum Gasteiger partial charge on any atom is 0.341 e. The predicted molar refractivity (Wildman–Crippen MR) is 108 cm³/mol. The third kappa shape index (κ3) is 5.31. The van der Waals surface area contributed by atoms with Crippen molar-refractivity contribution in [2.45, 2.75) is 18.9 Å². The second-order valence-corrected chi connectivity index (χ2v) is 7.01. The van der Waals surface area contributed by atoms with Crippen molar-refractivity contribution in [3.63, 3.8) is 0 Å². The lowest BCUT2D eigenvalue weighted by atomic mass is 10.1. The molecule has 0 spiro atoms. The van der Waals surface area contributed by atoms with E-state index in [1.807, 2.05) is 6.07 Å². The average molecular weight is 424 g/mol. The molecule has 0 saturated carbocycles. The van der Waals surface area contributed by atoms with E-state index in [1.165, 1.54) is 32.4 Å². The summed E-state index contributed by atoms with van der Waals surface area (Å²) in [5.74, 6) is -0.0817. The minimum absolute atomic E-state index is 0.0256. The van der Waals surface area contributed by atoms with Crippen molar-refractivity contribution in [3.8, 4) is 11.5 Å². The number of esters is 1. The normalized spacial score (nSPS) is 14.6. The molecule has 0 aliphatic carbocycles. The third-order valence-electron chi connectivity index (χ3n) is 4.70. The molecule has 3 rings (SSSR count). The zero-order valence-corrected chi connectivity index (χ0v) is 17.1. The Morgan fingerprint density at radius 2 is 1.90 bits per heavy atom. The molecular weight excluding hydrogens is 401 g/mol. The van der Waals surface area contributed by atoms with Gasteiger partial charge in [-0.2, -0.15) is 0 Å². The van der Waals surface area contributed by atoms with Crippen LogP contribution in [0.2, 0.25) is 5.02 Å². The first kappa shape index (κ1) is 21.2. The molecule has 2 aromatic rings. The molecule has 0 bridgehead atoms. The van der Waals surface area contributed by atoms with Gasteiger partial charge in [0.2, 0.25) is 0 Å². The van der Waals surface area contributed by atoms with Crippen LogP contribution >= 0.6 is 11.6 Å². The Morgan fingerprint density at radius 3 is 2.59 bits per heavy atom. The lowest BCUT2D eigenvalue weighted by molar-refractivity contribution is 0.0465. The highest BCUT2D eigenvalue weighted by Crippen LogP contribution is 2.31. The first-order chi connectivity index (χ1) is 14.0. The van der Waals surface area contributed by atoms with Crippen LogP contribution in [0.25, 0.3) is 0 Å². The highest BCUT2D eigenvalue weighted by molar-refractivity contribution is 6.32. The second-order valence-electron chi connectivity index (χ2n) is 6.60. The quantitative estimate of drug-likeness (QED) is 0.489. The summed E-state index contributed by atoms with van der Waals surface area (Å²) in [7, 11) is 2.84. The molecule has 8 heteroatoms. The molecule has 29 heavy (non-hydrogen) atoms. The van der Waals surface area contributed by atoms with Gasteiger partial charge in [0.25, 0.3) is 0 Å². The van der Waals surface area contributed by atoms with Gasteiger partial charge in [0.15, 0.2) is 6.79 Å².